The fourth-order valence-corrected chi connectivity index (χ4v) is 5.45. The third-order valence-electron chi connectivity index (χ3n) is 6.34. The fraction of sp³-hybridized carbons (Fsp3) is 0.938. The maximum atomic E-state index is 12.4. The minimum Gasteiger partial charge on any atom is -0.358 e. The molecule has 0 saturated carbocycles. The highest BCUT2D eigenvalue weighted by molar-refractivity contribution is 5.78. The van der Waals surface area contributed by atoms with Crippen LogP contribution in [0.15, 0.2) is 0 Å². The summed E-state index contributed by atoms with van der Waals surface area (Å²) in [7, 11) is 1.81. The number of hydrogen-bond acceptors (Lipinski definition) is 3. The molecule has 112 valence electrons. The Hall–Kier alpha value is -0.610. The van der Waals surface area contributed by atoms with Gasteiger partial charge in [-0.1, -0.05) is 6.42 Å². The number of hydrogen-bond donors (Lipinski definition) is 0. The Balaban J connectivity index is 1.67. The van der Waals surface area contributed by atoms with E-state index in [4.69, 9.17) is 4.74 Å². The van der Waals surface area contributed by atoms with Crippen LogP contribution in [-0.4, -0.2) is 54.2 Å². The van der Waals surface area contributed by atoms with Gasteiger partial charge in [0.05, 0.1) is 0 Å². The highest BCUT2D eigenvalue weighted by atomic mass is 16.5. The number of amides is 1. The molecule has 4 rings (SSSR count). The zero-order chi connectivity index (χ0) is 13.7. The van der Waals surface area contributed by atoms with Gasteiger partial charge in [0, 0.05) is 38.6 Å². The van der Waals surface area contributed by atoms with Gasteiger partial charge in [-0.25, -0.2) is 0 Å². The topological polar surface area (TPSA) is 32.8 Å². The van der Waals surface area contributed by atoms with Crippen molar-refractivity contribution < 1.29 is 9.53 Å². The molecule has 0 aromatic rings. The third-order valence-corrected chi connectivity index (χ3v) is 6.34. The predicted molar refractivity (Wildman–Crippen MR) is 76.1 cm³/mol. The van der Waals surface area contributed by atoms with E-state index in [0.717, 1.165) is 38.4 Å². The molecule has 0 spiro atoms. The fourth-order valence-electron chi connectivity index (χ4n) is 5.45. The molecule has 2 bridgehead atoms. The molecule has 0 radical (unpaired) electrons. The molecular formula is C16H26N2O2. The summed E-state index contributed by atoms with van der Waals surface area (Å²) in [5.41, 5.74) is -0.283. The van der Waals surface area contributed by atoms with E-state index in [0.29, 0.717) is 17.7 Å². The molecule has 4 heterocycles. The van der Waals surface area contributed by atoms with Crippen LogP contribution in [0.1, 0.15) is 44.9 Å². The van der Waals surface area contributed by atoms with Gasteiger partial charge in [0.25, 0.3) is 0 Å². The average Bonchev–Trinajstić information content (AvgIpc) is 2.49. The van der Waals surface area contributed by atoms with Crippen LogP contribution in [0, 0.1) is 11.8 Å². The molecule has 4 atom stereocenters. The second kappa shape index (κ2) is 4.70. The maximum absolute atomic E-state index is 12.4. The van der Waals surface area contributed by atoms with Gasteiger partial charge in [-0.05, 0) is 44.6 Å². The molecule has 4 heteroatoms. The van der Waals surface area contributed by atoms with Crippen molar-refractivity contribution >= 4 is 5.91 Å². The first-order chi connectivity index (χ1) is 9.74. The lowest BCUT2D eigenvalue weighted by Crippen LogP contribution is -2.71. The summed E-state index contributed by atoms with van der Waals surface area (Å²) in [6, 6.07) is 0.726. The van der Waals surface area contributed by atoms with Crippen molar-refractivity contribution in [3.05, 3.63) is 0 Å². The summed E-state index contributed by atoms with van der Waals surface area (Å²) in [5, 5.41) is 0. The van der Waals surface area contributed by atoms with Crippen molar-refractivity contribution in [2.24, 2.45) is 11.8 Å². The normalized spacial score (nSPS) is 45.0. The Kier molecular flexibility index (Phi) is 3.08. The summed E-state index contributed by atoms with van der Waals surface area (Å²) >= 11 is 0. The maximum Gasteiger partial charge on any atom is 0.224 e. The van der Waals surface area contributed by atoms with E-state index in [2.05, 4.69) is 9.80 Å². The summed E-state index contributed by atoms with van der Waals surface area (Å²) in [6.07, 6.45) is 8.06. The Morgan fingerprint density at radius 1 is 1.25 bits per heavy atom. The number of methoxy groups -OCH3 is 1. The van der Waals surface area contributed by atoms with Gasteiger partial charge in [-0.15, -0.1) is 0 Å². The Morgan fingerprint density at radius 3 is 3.00 bits per heavy atom. The molecule has 4 aliphatic rings. The average molecular weight is 278 g/mol. The molecule has 0 aromatic carbocycles. The second-order valence-electron chi connectivity index (χ2n) is 7.16. The van der Waals surface area contributed by atoms with E-state index in [9.17, 15) is 4.79 Å². The minimum atomic E-state index is -0.283. The van der Waals surface area contributed by atoms with Crippen LogP contribution in [0.3, 0.4) is 0 Å². The minimum absolute atomic E-state index is 0.283. The van der Waals surface area contributed by atoms with Gasteiger partial charge in [0.15, 0.2) is 0 Å². The highest BCUT2D eigenvalue weighted by Crippen LogP contribution is 2.49. The van der Waals surface area contributed by atoms with Crippen molar-refractivity contribution in [1.82, 2.24) is 9.80 Å². The Morgan fingerprint density at radius 2 is 2.15 bits per heavy atom. The van der Waals surface area contributed by atoms with Crippen LogP contribution in [0.5, 0.6) is 0 Å². The standard InChI is InChI=1S/C16H26N2O2/c1-20-16-7-4-6-15(19)18(16)10-12-9-13(16)11-17-8-3-2-5-14(12)17/h12-14H,2-11H2,1H3/t12-,13-,14+,16+/m0/s1. The Labute approximate surface area is 121 Å². The summed E-state index contributed by atoms with van der Waals surface area (Å²) in [4.78, 5) is 17.3. The quantitative estimate of drug-likeness (QED) is 0.734. The molecule has 4 fully saturated rings. The number of nitrogens with zero attached hydrogens (tertiary/aromatic N) is 2. The smallest absolute Gasteiger partial charge is 0.224 e. The molecule has 1 amide bonds. The van der Waals surface area contributed by atoms with Gasteiger partial charge in [0.1, 0.15) is 5.72 Å². The monoisotopic (exact) mass is 278 g/mol. The van der Waals surface area contributed by atoms with Crippen LogP contribution < -0.4 is 0 Å². The SMILES string of the molecule is CO[C@@]12CCCC(=O)N1C[C@@H]1C[C@H]2CN2CCCC[C@H]12. The van der Waals surface area contributed by atoms with Crippen molar-refractivity contribution in [1.29, 1.82) is 0 Å². The first kappa shape index (κ1) is 13.1. The number of ether oxygens (including phenoxy) is 1. The van der Waals surface area contributed by atoms with Gasteiger partial charge in [-0.3, -0.25) is 9.69 Å². The molecule has 0 aliphatic carbocycles. The number of carbonyl (C=O) groups is 1. The molecular weight excluding hydrogens is 252 g/mol. The zero-order valence-electron chi connectivity index (χ0n) is 12.5. The van der Waals surface area contributed by atoms with Crippen LogP contribution >= 0.6 is 0 Å². The van der Waals surface area contributed by atoms with Gasteiger partial charge < -0.3 is 9.64 Å². The van der Waals surface area contributed by atoms with Crippen LogP contribution in [0.2, 0.25) is 0 Å². The molecule has 0 unspecified atom stereocenters. The highest BCUT2D eigenvalue weighted by Gasteiger charge is 2.57. The number of carbonyl (C=O) groups excluding carboxylic acids is 1. The summed E-state index contributed by atoms with van der Waals surface area (Å²) in [6.45, 7) is 3.33. The summed E-state index contributed by atoms with van der Waals surface area (Å²) < 4.78 is 6.00. The van der Waals surface area contributed by atoms with Gasteiger partial charge in [-0.2, -0.15) is 0 Å². The molecule has 4 saturated heterocycles. The van der Waals surface area contributed by atoms with E-state index >= 15 is 0 Å². The van der Waals surface area contributed by atoms with Gasteiger partial charge >= 0.3 is 0 Å². The molecule has 0 N–H and O–H groups in total. The molecule has 0 aromatic heterocycles. The molecule has 4 nitrogen and oxygen atoms in total. The van der Waals surface area contributed by atoms with Crippen LogP contribution in [-0.2, 0) is 9.53 Å². The van der Waals surface area contributed by atoms with E-state index in [1.165, 1.54) is 32.2 Å². The number of rotatable bonds is 1. The van der Waals surface area contributed by atoms with Crippen molar-refractivity contribution in [3.8, 4) is 0 Å². The van der Waals surface area contributed by atoms with Crippen molar-refractivity contribution in [2.45, 2.75) is 56.7 Å². The predicted octanol–water partition coefficient (Wildman–Crippen LogP) is 1.85. The third kappa shape index (κ3) is 1.70. The lowest BCUT2D eigenvalue weighted by Gasteiger charge is -2.61. The zero-order valence-corrected chi connectivity index (χ0v) is 12.5. The second-order valence-corrected chi connectivity index (χ2v) is 7.16. The number of piperidine rings is 4. The van der Waals surface area contributed by atoms with Crippen molar-refractivity contribution in [2.75, 3.05) is 26.7 Å². The lowest BCUT2D eigenvalue weighted by atomic mass is 9.69. The summed E-state index contributed by atoms with van der Waals surface area (Å²) in [5.74, 6) is 1.53. The molecule has 4 aliphatic heterocycles. The lowest BCUT2D eigenvalue weighted by molar-refractivity contribution is -0.238. The van der Waals surface area contributed by atoms with Crippen LogP contribution in [0.4, 0.5) is 0 Å². The van der Waals surface area contributed by atoms with Crippen LogP contribution in [0.25, 0.3) is 0 Å². The van der Waals surface area contributed by atoms with E-state index in [-0.39, 0.29) is 5.72 Å². The van der Waals surface area contributed by atoms with E-state index in [1.54, 1.807) is 0 Å². The first-order valence-corrected chi connectivity index (χ1v) is 8.34. The number of fused-ring (bicyclic) bond motifs is 6. The largest absolute Gasteiger partial charge is 0.358 e. The van der Waals surface area contributed by atoms with E-state index < -0.39 is 0 Å². The van der Waals surface area contributed by atoms with E-state index in [1.807, 2.05) is 7.11 Å². The van der Waals surface area contributed by atoms with Crippen molar-refractivity contribution in [3.63, 3.8) is 0 Å². The first-order valence-electron chi connectivity index (χ1n) is 8.34. The van der Waals surface area contributed by atoms with Gasteiger partial charge in [0.2, 0.25) is 5.91 Å². The Bertz CT molecular complexity index is 413. The molecule has 20 heavy (non-hydrogen) atoms.